The van der Waals surface area contributed by atoms with Crippen molar-refractivity contribution < 1.29 is 19.8 Å². The van der Waals surface area contributed by atoms with E-state index in [0.29, 0.717) is 17.7 Å². The molecule has 0 unspecified atom stereocenters. The van der Waals surface area contributed by atoms with Crippen molar-refractivity contribution in [3.63, 3.8) is 0 Å². The molecule has 160 valence electrons. The lowest BCUT2D eigenvalue weighted by Gasteiger charge is -2.23. The minimum atomic E-state index is -0.901. The van der Waals surface area contributed by atoms with Crippen LogP contribution >= 0.6 is 11.3 Å². The van der Waals surface area contributed by atoms with E-state index < -0.39 is 12.1 Å². The number of carbonyl (C=O) groups is 2. The van der Waals surface area contributed by atoms with Gasteiger partial charge in [-0.2, -0.15) is 0 Å². The molecule has 1 saturated heterocycles. The Balaban J connectivity index is 1.63. The van der Waals surface area contributed by atoms with Crippen molar-refractivity contribution in [3.8, 4) is 0 Å². The minimum absolute atomic E-state index is 0.00302. The molecule has 0 radical (unpaired) electrons. The fourth-order valence-electron chi connectivity index (χ4n) is 3.78. The molecule has 6 heteroatoms. The van der Waals surface area contributed by atoms with E-state index in [1.165, 1.54) is 11.3 Å². The Morgan fingerprint density at radius 2 is 2.00 bits per heavy atom. The third-order valence-corrected chi connectivity index (χ3v) is 6.54. The number of nitrogens with zero attached hydrogens (tertiary/aromatic N) is 1. The lowest BCUT2D eigenvalue weighted by Crippen LogP contribution is -2.31. The average molecular weight is 428 g/mol. The number of carboxylic acids is 1. The van der Waals surface area contributed by atoms with E-state index in [2.05, 4.69) is 6.92 Å². The van der Waals surface area contributed by atoms with E-state index in [-0.39, 0.29) is 11.9 Å². The third kappa shape index (κ3) is 5.58. The smallest absolute Gasteiger partial charge is 0.345 e. The molecule has 1 aliphatic heterocycles. The first-order chi connectivity index (χ1) is 14.5. The Morgan fingerprint density at radius 1 is 1.23 bits per heavy atom. The summed E-state index contributed by atoms with van der Waals surface area (Å²) in [6.45, 7) is 2.15. The van der Waals surface area contributed by atoms with Gasteiger partial charge in [-0.25, -0.2) is 4.79 Å². The van der Waals surface area contributed by atoms with Gasteiger partial charge in [0.25, 0.3) is 0 Å². The van der Waals surface area contributed by atoms with Gasteiger partial charge in [-0.15, -0.1) is 11.3 Å². The summed E-state index contributed by atoms with van der Waals surface area (Å²) in [5, 5.41) is 19.4. The molecular formula is C24H29NO4S. The first kappa shape index (κ1) is 22.2. The van der Waals surface area contributed by atoms with Crippen LogP contribution in [0.5, 0.6) is 0 Å². The van der Waals surface area contributed by atoms with Gasteiger partial charge in [0.05, 0.1) is 12.1 Å². The number of benzene rings is 1. The number of anilines is 1. The van der Waals surface area contributed by atoms with Crippen LogP contribution in [0.1, 0.15) is 71.7 Å². The summed E-state index contributed by atoms with van der Waals surface area (Å²) in [4.78, 5) is 26.6. The maximum Gasteiger partial charge on any atom is 0.345 e. The van der Waals surface area contributed by atoms with Gasteiger partial charge in [-0.05, 0) is 49.1 Å². The van der Waals surface area contributed by atoms with Gasteiger partial charge >= 0.3 is 5.97 Å². The molecule has 0 aliphatic carbocycles. The van der Waals surface area contributed by atoms with Crippen LogP contribution in [0.25, 0.3) is 0 Å². The molecular weight excluding hydrogens is 398 g/mol. The van der Waals surface area contributed by atoms with Gasteiger partial charge in [0.1, 0.15) is 4.88 Å². The van der Waals surface area contributed by atoms with Crippen LogP contribution in [0.15, 0.2) is 48.6 Å². The van der Waals surface area contributed by atoms with Crippen LogP contribution in [-0.4, -0.2) is 28.1 Å². The monoisotopic (exact) mass is 427 g/mol. The lowest BCUT2D eigenvalue weighted by molar-refractivity contribution is -0.117. The number of hydrogen-bond donors (Lipinski definition) is 2. The predicted octanol–water partition coefficient (Wildman–Crippen LogP) is 5.35. The topological polar surface area (TPSA) is 77.8 Å². The largest absolute Gasteiger partial charge is 0.477 e. The zero-order chi connectivity index (χ0) is 21.5. The van der Waals surface area contributed by atoms with E-state index in [4.69, 9.17) is 5.11 Å². The number of thiophene rings is 1. The first-order valence-electron chi connectivity index (χ1n) is 10.6. The standard InChI is InChI=1S/C24H29NO4S/c1-2-3-4-8-21(26)17-9-11-19(12-10-17)25-18(13-16-23(25)27)6-5-7-20-14-15-22(30-20)24(28)29/h5-6,9-12,14-15,18,21,26H,2-4,7-8,13,16H2,1H3,(H,28,29)/b6-5-/t18-,21-/m0/s1. The number of amides is 1. The van der Waals surface area contributed by atoms with E-state index in [0.717, 1.165) is 48.2 Å². The summed E-state index contributed by atoms with van der Waals surface area (Å²) < 4.78 is 0. The van der Waals surface area contributed by atoms with Gasteiger partial charge in [-0.1, -0.05) is 50.5 Å². The highest BCUT2D eigenvalue weighted by molar-refractivity contribution is 7.13. The van der Waals surface area contributed by atoms with E-state index >= 15 is 0 Å². The SMILES string of the molecule is CCCCC[C@H](O)c1ccc(N2C(=O)CC[C@@H]2/C=C\Cc2ccc(C(=O)O)s2)cc1. The zero-order valence-electron chi connectivity index (χ0n) is 17.3. The first-order valence-corrected chi connectivity index (χ1v) is 11.4. The molecule has 1 aliphatic rings. The summed E-state index contributed by atoms with van der Waals surface area (Å²) in [5.74, 6) is -0.799. The predicted molar refractivity (Wildman–Crippen MR) is 120 cm³/mol. The normalized spacial score (nSPS) is 17.7. The van der Waals surface area contributed by atoms with Crippen molar-refractivity contribution >= 4 is 28.9 Å². The van der Waals surface area contributed by atoms with E-state index in [9.17, 15) is 14.7 Å². The molecule has 30 heavy (non-hydrogen) atoms. The van der Waals surface area contributed by atoms with E-state index in [1.54, 1.807) is 6.07 Å². The molecule has 0 spiro atoms. The van der Waals surface area contributed by atoms with Crippen LogP contribution in [0.3, 0.4) is 0 Å². The number of unbranched alkanes of at least 4 members (excludes halogenated alkanes) is 2. The number of aromatic carboxylic acids is 1. The highest BCUT2D eigenvalue weighted by Gasteiger charge is 2.30. The quantitative estimate of drug-likeness (QED) is 0.395. The Bertz CT molecular complexity index is 887. The summed E-state index contributed by atoms with van der Waals surface area (Å²) in [6.07, 6.45) is 9.54. The number of rotatable bonds is 10. The molecule has 2 atom stereocenters. The maximum absolute atomic E-state index is 12.5. The fraction of sp³-hybridized carbons (Fsp3) is 0.417. The van der Waals surface area contributed by atoms with Gasteiger partial charge in [0.2, 0.25) is 5.91 Å². The fourth-order valence-corrected chi connectivity index (χ4v) is 4.60. The van der Waals surface area contributed by atoms with Gasteiger partial charge in [-0.3, -0.25) is 4.79 Å². The average Bonchev–Trinajstić information content (AvgIpc) is 3.35. The van der Waals surface area contributed by atoms with Crippen molar-refractivity contribution in [2.24, 2.45) is 0 Å². The molecule has 5 nitrogen and oxygen atoms in total. The molecule has 1 amide bonds. The summed E-state index contributed by atoms with van der Waals surface area (Å²) >= 11 is 1.28. The van der Waals surface area contributed by atoms with Crippen LogP contribution in [0.4, 0.5) is 5.69 Å². The molecule has 0 bridgehead atoms. The number of aliphatic hydroxyl groups is 1. The number of hydrogen-bond acceptors (Lipinski definition) is 4. The van der Waals surface area contributed by atoms with Gasteiger partial charge in [0, 0.05) is 17.0 Å². The lowest BCUT2D eigenvalue weighted by atomic mass is 10.0. The van der Waals surface area contributed by atoms with Crippen molar-refractivity contribution in [2.45, 2.75) is 64.0 Å². The number of carboxylic acid groups (broad SMARTS) is 1. The molecule has 2 heterocycles. The Labute approximate surface area is 181 Å². The molecule has 3 rings (SSSR count). The van der Waals surface area contributed by atoms with Crippen molar-refractivity contribution in [1.82, 2.24) is 0 Å². The maximum atomic E-state index is 12.5. The second kappa shape index (κ2) is 10.5. The van der Waals surface area contributed by atoms with Crippen molar-refractivity contribution in [1.29, 1.82) is 0 Å². The third-order valence-electron chi connectivity index (χ3n) is 5.44. The number of carbonyl (C=O) groups excluding carboxylic acids is 1. The van der Waals surface area contributed by atoms with Crippen molar-refractivity contribution in [3.05, 3.63) is 63.9 Å². The molecule has 1 fully saturated rings. The summed E-state index contributed by atoms with van der Waals surface area (Å²) in [5.41, 5.74) is 1.74. The second-order valence-corrected chi connectivity index (χ2v) is 8.84. The van der Waals surface area contributed by atoms with Gasteiger partial charge in [0.15, 0.2) is 0 Å². The van der Waals surface area contributed by atoms with E-state index in [1.807, 2.05) is 47.4 Å². The highest BCUT2D eigenvalue weighted by atomic mass is 32.1. The molecule has 2 aromatic rings. The molecule has 0 saturated carbocycles. The Hall–Kier alpha value is -2.44. The number of aliphatic hydroxyl groups excluding tert-OH is 1. The zero-order valence-corrected chi connectivity index (χ0v) is 18.1. The highest BCUT2D eigenvalue weighted by Crippen LogP contribution is 2.30. The van der Waals surface area contributed by atoms with Crippen LogP contribution < -0.4 is 4.90 Å². The van der Waals surface area contributed by atoms with Crippen LogP contribution in [0, 0.1) is 0 Å². The van der Waals surface area contributed by atoms with Crippen molar-refractivity contribution in [2.75, 3.05) is 4.90 Å². The number of allylic oxidation sites excluding steroid dienone is 1. The molecule has 1 aromatic carbocycles. The Morgan fingerprint density at radius 3 is 2.67 bits per heavy atom. The molecule has 2 N–H and O–H groups in total. The Kier molecular flexibility index (Phi) is 7.82. The molecule has 1 aromatic heterocycles. The minimum Gasteiger partial charge on any atom is -0.477 e. The van der Waals surface area contributed by atoms with Crippen LogP contribution in [0.2, 0.25) is 0 Å². The van der Waals surface area contributed by atoms with Gasteiger partial charge < -0.3 is 15.1 Å². The second-order valence-electron chi connectivity index (χ2n) is 7.68. The van der Waals surface area contributed by atoms with Crippen LogP contribution in [-0.2, 0) is 11.2 Å². The summed E-state index contributed by atoms with van der Waals surface area (Å²) in [7, 11) is 0. The summed E-state index contributed by atoms with van der Waals surface area (Å²) in [6, 6.07) is 11.1.